The maximum Gasteiger partial charge on any atom is 0.193 e. The Kier molecular flexibility index (Phi) is 4.00. The van der Waals surface area contributed by atoms with Crippen molar-refractivity contribution in [3.63, 3.8) is 0 Å². The van der Waals surface area contributed by atoms with Gasteiger partial charge in [-0.25, -0.2) is 18.4 Å². The van der Waals surface area contributed by atoms with E-state index in [4.69, 9.17) is 14.8 Å². The number of nitrogens with one attached hydrogen (secondary N) is 2. The van der Waals surface area contributed by atoms with Crippen LogP contribution in [-0.2, 0) is 22.4 Å². The van der Waals surface area contributed by atoms with Crippen LogP contribution < -0.4 is 5.32 Å². The molecular weight excluding hydrogens is 390 g/mol. The molecule has 0 saturated carbocycles. The van der Waals surface area contributed by atoms with E-state index in [1.807, 2.05) is 43.7 Å². The quantitative estimate of drug-likeness (QED) is 0.665. The molecular formula is C20H25N5O3S. The predicted octanol–water partition coefficient (Wildman–Crippen LogP) is 2.83. The molecule has 1 saturated heterocycles. The minimum atomic E-state index is -3.50. The first-order valence-electron chi connectivity index (χ1n) is 9.36. The van der Waals surface area contributed by atoms with Gasteiger partial charge in [0.1, 0.15) is 10.6 Å². The molecule has 1 aliphatic heterocycles. The predicted molar refractivity (Wildman–Crippen MR) is 112 cm³/mol. The van der Waals surface area contributed by atoms with Crippen molar-refractivity contribution in [1.82, 2.24) is 19.9 Å². The largest absolute Gasteiger partial charge is 0.437 e. The molecule has 154 valence electrons. The highest BCUT2D eigenvalue weighted by atomic mass is 32.2. The molecule has 0 bridgehead atoms. The van der Waals surface area contributed by atoms with Gasteiger partial charge in [0.25, 0.3) is 0 Å². The third kappa shape index (κ3) is 2.78. The van der Waals surface area contributed by atoms with Crippen LogP contribution in [0.15, 0.2) is 22.6 Å². The number of aromatic nitrogens is 3. The van der Waals surface area contributed by atoms with E-state index in [0.29, 0.717) is 17.5 Å². The number of fused-ring (bicyclic) bond motifs is 1. The Hall–Kier alpha value is -2.68. The van der Waals surface area contributed by atoms with Crippen LogP contribution in [0.2, 0.25) is 0 Å². The fraction of sp³-hybridized carbons (Fsp3) is 0.450. The van der Waals surface area contributed by atoms with Gasteiger partial charge in [0.15, 0.2) is 27.3 Å². The molecule has 4 rings (SSSR count). The van der Waals surface area contributed by atoms with Crippen LogP contribution >= 0.6 is 0 Å². The highest BCUT2D eigenvalue weighted by molar-refractivity contribution is 7.93. The summed E-state index contributed by atoms with van der Waals surface area (Å²) in [6.07, 6.45) is 0. The number of oxazole rings is 1. The average Bonchev–Trinajstić information content (AvgIpc) is 3.11. The van der Waals surface area contributed by atoms with Crippen molar-refractivity contribution >= 4 is 26.7 Å². The van der Waals surface area contributed by atoms with Crippen LogP contribution in [0.4, 0.5) is 0 Å². The highest BCUT2D eigenvalue weighted by Crippen LogP contribution is 2.35. The molecule has 0 spiro atoms. The number of imidazole rings is 1. The maximum absolute atomic E-state index is 12.8. The van der Waals surface area contributed by atoms with Gasteiger partial charge in [-0.05, 0) is 45.4 Å². The average molecular weight is 416 g/mol. The number of rotatable bonds is 2. The van der Waals surface area contributed by atoms with Crippen molar-refractivity contribution in [3.8, 4) is 11.6 Å². The van der Waals surface area contributed by atoms with E-state index in [2.05, 4.69) is 10.3 Å². The van der Waals surface area contributed by atoms with Crippen molar-refractivity contribution in [2.45, 2.75) is 44.9 Å². The smallest absolute Gasteiger partial charge is 0.193 e. The Morgan fingerprint density at radius 1 is 1.21 bits per heavy atom. The van der Waals surface area contributed by atoms with E-state index in [0.717, 1.165) is 22.3 Å². The monoisotopic (exact) mass is 415 g/mol. The number of aryl methyl sites for hydroxylation is 3. The van der Waals surface area contributed by atoms with Gasteiger partial charge in [-0.15, -0.1) is 0 Å². The Bertz CT molecular complexity index is 1270. The van der Waals surface area contributed by atoms with Crippen molar-refractivity contribution in [1.29, 1.82) is 5.41 Å². The number of benzene rings is 1. The molecule has 3 aromatic rings. The molecule has 1 atom stereocenters. The first kappa shape index (κ1) is 19.6. The molecule has 0 amide bonds. The standard InChI is InChI=1S/C20H25N5O3S/c1-11-16(28-12(2)22-11)17-23-14-9-13(7-8-15(14)25(17)6)20(5)10-29(26,27)19(3,4)18(21)24-20/h7-9H,10H2,1-6H3,(H2,21,24). The second-order valence-electron chi connectivity index (χ2n) is 8.45. The molecule has 0 aliphatic carbocycles. The van der Waals surface area contributed by atoms with E-state index >= 15 is 0 Å². The molecule has 3 heterocycles. The number of nitrogens with zero attached hydrogens (tertiary/aromatic N) is 3. The lowest BCUT2D eigenvalue weighted by Gasteiger charge is -2.43. The summed E-state index contributed by atoms with van der Waals surface area (Å²) in [5, 5.41) is 11.4. The van der Waals surface area contributed by atoms with Crippen LogP contribution in [0, 0.1) is 19.3 Å². The Labute approximate surface area is 169 Å². The molecule has 2 aromatic heterocycles. The number of hydrogen-bond donors (Lipinski definition) is 2. The van der Waals surface area contributed by atoms with Gasteiger partial charge in [0.05, 0.1) is 28.0 Å². The lowest BCUT2D eigenvalue weighted by atomic mass is 9.92. The third-order valence-electron chi connectivity index (χ3n) is 5.88. The summed E-state index contributed by atoms with van der Waals surface area (Å²) in [6, 6.07) is 5.69. The normalized spacial score (nSPS) is 23.3. The number of hydrogen-bond acceptors (Lipinski definition) is 6. The summed E-state index contributed by atoms with van der Waals surface area (Å²) in [6.45, 7) is 8.61. The summed E-state index contributed by atoms with van der Waals surface area (Å²) in [7, 11) is -1.60. The van der Waals surface area contributed by atoms with Crippen LogP contribution in [0.1, 0.15) is 37.9 Å². The second kappa shape index (κ2) is 5.91. The second-order valence-corrected chi connectivity index (χ2v) is 11.0. The zero-order valence-corrected chi connectivity index (χ0v) is 18.2. The van der Waals surface area contributed by atoms with Crippen LogP contribution in [-0.4, -0.2) is 39.3 Å². The van der Waals surface area contributed by atoms with E-state index < -0.39 is 20.1 Å². The van der Waals surface area contributed by atoms with Gasteiger partial charge in [-0.1, -0.05) is 6.07 Å². The van der Waals surface area contributed by atoms with Crippen molar-refractivity contribution in [2.24, 2.45) is 7.05 Å². The first-order chi connectivity index (χ1) is 13.4. The third-order valence-corrected chi connectivity index (χ3v) is 8.60. The van der Waals surface area contributed by atoms with E-state index in [1.54, 1.807) is 20.8 Å². The molecule has 1 unspecified atom stereocenters. The minimum absolute atomic E-state index is 0.000756. The molecule has 1 aliphatic rings. The van der Waals surface area contributed by atoms with Gasteiger partial charge >= 0.3 is 0 Å². The van der Waals surface area contributed by atoms with E-state index in [-0.39, 0.29) is 11.6 Å². The van der Waals surface area contributed by atoms with Gasteiger partial charge in [0.2, 0.25) is 0 Å². The Balaban J connectivity index is 1.83. The molecule has 0 radical (unpaired) electrons. The van der Waals surface area contributed by atoms with Crippen LogP contribution in [0.25, 0.3) is 22.6 Å². The van der Waals surface area contributed by atoms with Gasteiger partial charge in [-0.3, -0.25) is 5.41 Å². The Morgan fingerprint density at radius 2 is 1.90 bits per heavy atom. The van der Waals surface area contributed by atoms with Crippen LogP contribution in [0.5, 0.6) is 0 Å². The van der Waals surface area contributed by atoms with Crippen molar-refractivity contribution < 1.29 is 12.8 Å². The fourth-order valence-electron chi connectivity index (χ4n) is 3.82. The van der Waals surface area contributed by atoms with Crippen LogP contribution in [0.3, 0.4) is 0 Å². The van der Waals surface area contributed by atoms with Gasteiger partial charge in [-0.2, -0.15) is 0 Å². The summed E-state index contributed by atoms with van der Waals surface area (Å²) in [4.78, 5) is 9.04. The summed E-state index contributed by atoms with van der Waals surface area (Å²) < 4.78 is 32.1. The molecule has 1 aromatic carbocycles. The highest BCUT2D eigenvalue weighted by Gasteiger charge is 2.50. The van der Waals surface area contributed by atoms with E-state index in [1.165, 1.54) is 0 Å². The van der Waals surface area contributed by atoms with E-state index in [9.17, 15) is 8.42 Å². The summed E-state index contributed by atoms with van der Waals surface area (Å²) in [5.74, 6) is 1.77. The molecule has 29 heavy (non-hydrogen) atoms. The number of amidine groups is 1. The lowest BCUT2D eigenvalue weighted by Crippen LogP contribution is -2.63. The van der Waals surface area contributed by atoms with Gasteiger partial charge in [0, 0.05) is 14.0 Å². The summed E-state index contributed by atoms with van der Waals surface area (Å²) in [5.41, 5.74) is 2.25. The zero-order valence-electron chi connectivity index (χ0n) is 17.4. The molecule has 2 N–H and O–H groups in total. The molecule has 8 nitrogen and oxygen atoms in total. The van der Waals surface area contributed by atoms with Crippen molar-refractivity contribution in [3.05, 3.63) is 35.3 Å². The minimum Gasteiger partial charge on any atom is -0.437 e. The first-order valence-corrected chi connectivity index (χ1v) is 11.0. The molecule has 1 fully saturated rings. The topological polar surface area (TPSA) is 114 Å². The maximum atomic E-state index is 12.8. The summed E-state index contributed by atoms with van der Waals surface area (Å²) >= 11 is 0. The fourth-order valence-corrected chi connectivity index (χ4v) is 5.54. The molecule has 9 heteroatoms. The number of sulfone groups is 1. The van der Waals surface area contributed by atoms with Crippen molar-refractivity contribution in [2.75, 3.05) is 5.75 Å². The SMILES string of the molecule is Cc1nc(C)c(-c2nc3cc(C4(C)CS(=O)(=O)C(C)(C)C(=N)N4)ccc3n2C)o1. The van der Waals surface area contributed by atoms with Gasteiger partial charge < -0.3 is 14.3 Å². The lowest BCUT2D eigenvalue weighted by molar-refractivity contribution is 0.443. The zero-order chi connectivity index (χ0) is 21.4. The Morgan fingerprint density at radius 3 is 2.48 bits per heavy atom.